The molecular weight excluding hydrogens is 564 g/mol. The highest BCUT2D eigenvalue weighted by atomic mass is 16.6. The van der Waals surface area contributed by atoms with Crippen molar-refractivity contribution in [2.45, 2.75) is 112 Å². The minimum Gasteiger partial charge on any atom is -0.390 e. The van der Waals surface area contributed by atoms with E-state index in [0.29, 0.717) is 25.6 Å². The maximum Gasteiger partial charge on any atom is 0.222 e. The van der Waals surface area contributed by atoms with Crippen LogP contribution in [0, 0.1) is 0 Å². The Kier molecular flexibility index (Phi) is 18.0. The van der Waals surface area contributed by atoms with Crippen molar-refractivity contribution >= 4 is 11.8 Å². The number of piperidine rings is 2. The summed E-state index contributed by atoms with van der Waals surface area (Å²) in [5, 5.41) is 13.0. The summed E-state index contributed by atoms with van der Waals surface area (Å²) in [5.74, 6) is 0.409. The maximum atomic E-state index is 11.7. The first-order chi connectivity index (χ1) is 21.5. The number of epoxide rings is 1. The third-order valence-corrected chi connectivity index (χ3v) is 8.15. The molecule has 2 aromatic carbocycles. The lowest BCUT2D eigenvalue weighted by molar-refractivity contribution is -0.135. The average Bonchev–Trinajstić information content (AvgIpc) is 3.62. The van der Waals surface area contributed by atoms with Crippen LogP contribution in [0.25, 0.3) is 0 Å². The molecule has 45 heavy (non-hydrogen) atoms. The van der Waals surface area contributed by atoms with Gasteiger partial charge in [-0.2, -0.15) is 0 Å². The van der Waals surface area contributed by atoms with Crippen molar-refractivity contribution in [1.82, 2.24) is 20.0 Å². The summed E-state index contributed by atoms with van der Waals surface area (Å²) in [6.07, 6.45) is 5.74. The number of carbonyl (C=O) groups excluding carboxylic acids is 2. The first-order valence-electron chi connectivity index (χ1n) is 17.0. The fraction of sp³-hybridized carbons (Fsp3) is 0.622. The van der Waals surface area contributed by atoms with Crippen molar-refractivity contribution in [3.8, 4) is 0 Å². The predicted octanol–water partition coefficient (Wildman–Crippen LogP) is 5.75. The summed E-state index contributed by atoms with van der Waals surface area (Å²) >= 11 is 0. The fourth-order valence-electron chi connectivity index (χ4n) is 5.92. The molecule has 252 valence electrons. The molecule has 5 aliphatic heterocycles. The molecule has 7 rings (SSSR count). The number of rotatable bonds is 6. The Morgan fingerprint density at radius 1 is 0.778 bits per heavy atom. The number of nitrogens with zero attached hydrogens (tertiary/aromatic N) is 3. The summed E-state index contributed by atoms with van der Waals surface area (Å²) in [5.41, 5.74) is 5.69. The largest absolute Gasteiger partial charge is 0.390 e. The monoisotopic (exact) mass is 624 g/mol. The summed E-state index contributed by atoms with van der Waals surface area (Å²) in [7, 11) is 0. The zero-order valence-electron chi connectivity index (χ0n) is 27.6. The highest BCUT2D eigenvalue weighted by Crippen LogP contribution is 2.24. The molecule has 2 N–H and O–H groups in total. The van der Waals surface area contributed by atoms with E-state index in [1.165, 1.54) is 22.3 Å². The van der Waals surface area contributed by atoms with Crippen LogP contribution in [0.3, 0.4) is 0 Å². The Morgan fingerprint density at radius 2 is 1.29 bits per heavy atom. The van der Waals surface area contributed by atoms with Crippen molar-refractivity contribution in [1.29, 1.82) is 0 Å². The normalized spacial score (nSPS) is 20.5. The molecule has 8 heteroatoms. The van der Waals surface area contributed by atoms with Crippen molar-refractivity contribution in [3.63, 3.8) is 0 Å². The van der Waals surface area contributed by atoms with Crippen molar-refractivity contribution < 1.29 is 19.4 Å². The van der Waals surface area contributed by atoms with Gasteiger partial charge in [-0.05, 0) is 47.9 Å². The van der Waals surface area contributed by atoms with Gasteiger partial charge in [-0.1, -0.05) is 83.7 Å². The van der Waals surface area contributed by atoms with Crippen LogP contribution in [0.5, 0.6) is 0 Å². The molecule has 0 aliphatic carbocycles. The SMILES string of the molecule is C.CC.CC.O=C1CCCCN1.O=C1CCCCN1CC(O)CN1Cc2ccccc2C1.c1ccc2c(c1)CN(CC1CO1)C2. The Morgan fingerprint density at radius 3 is 1.71 bits per heavy atom. The zero-order chi connectivity index (χ0) is 31.7. The van der Waals surface area contributed by atoms with E-state index >= 15 is 0 Å². The van der Waals surface area contributed by atoms with Crippen LogP contribution in [-0.2, 0) is 40.5 Å². The molecule has 0 spiro atoms. The second-order valence-corrected chi connectivity index (χ2v) is 11.6. The molecule has 3 fully saturated rings. The highest BCUT2D eigenvalue weighted by Gasteiger charge is 2.28. The number of hydrogen-bond donors (Lipinski definition) is 2. The second-order valence-electron chi connectivity index (χ2n) is 11.6. The van der Waals surface area contributed by atoms with Crippen LogP contribution < -0.4 is 5.32 Å². The van der Waals surface area contributed by atoms with Crippen LogP contribution in [0.4, 0.5) is 0 Å². The van der Waals surface area contributed by atoms with Crippen LogP contribution in [0.15, 0.2) is 48.5 Å². The van der Waals surface area contributed by atoms with E-state index in [2.05, 4.69) is 63.6 Å². The molecule has 5 heterocycles. The van der Waals surface area contributed by atoms with Gasteiger partial charge < -0.3 is 20.1 Å². The number of amides is 2. The third-order valence-electron chi connectivity index (χ3n) is 8.15. The Labute approximate surface area is 273 Å². The maximum absolute atomic E-state index is 11.7. The molecule has 0 aromatic heterocycles. The lowest BCUT2D eigenvalue weighted by Crippen LogP contribution is -2.43. The van der Waals surface area contributed by atoms with E-state index in [4.69, 9.17) is 4.74 Å². The number of carbonyl (C=O) groups is 2. The molecule has 0 saturated carbocycles. The van der Waals surface area contributed by atoms with Gasteiger partial charge in [0.2, 0.25) is 11.8 Å². The van der Waals surface area contributed by atoms with Gasteiger partial charge in [0.1, 0.15) is 0 Å². The molecule has 2 unspecified atom stereocenters. The summed E-state index contributed by atoms with van der Waals surface area (Å²) in [6.45, 7) is 16.9. The molecule has 5 aliphatic rings. The molecule has 2 atom stereocenters. The van der Waals surface area contributed by atoms with Gasteiger partial charge in [-0.25, -0.2) is 0 Å². The number of nitrogens with one attached hydrogen (secondary N) is 1. The first kappa shape index (κ1) is 38.4. The Hall–Kier alpha value is -2.78. The number of hydrogen-bond acceptors (Lipinski definition) is 6. The number of aliphatic hydroxyl groups is 1. The molecule has 2 aromatic rings. The van der Waals surface area contributed by atoms with E-state index in [-0.39, 0.29) is 19.2 Å². The molecule has 8 nitrogen and oxygen atoms in total. The number of β-amino-alcohol motifs (C(OH)–C–C–N with tert-alkyl or cyclic N) is 1. The molecular formula is C37H60N4O4. The number of fused-ring (bicyclic) bond motifs is 2. The van der Waals surface area contributed by atoms with Gasteiger partial charge in [0, 0.05) is 71.7 Å². The highest BCUT2D eigenvalue weighted by molar-refractivity contribution is 5.77. The minimum atomic E-state index is -0.452. The lowest BCUT2D eigenvalue weighted by atomic mass is 10.1. The Bertz CT molecular complexity index is 1080. The predicted molar refractivity (Wildman–Crippen MR) is 184 cm³/mol. The Balaban J connectivity index is 0.000000242. The lowest BCUT2D eigenvalue weighted by Gasteiger charge is -2.30. The quantitative estimate of drug-likeness (QED) is 0.398. The van der Waals surface area contributed by atoms with Gasteiger partial charge in [-0.15, -0.1) is 0 Å². The summed E-state index contributed by atoms with van der Waals surface area (Å²) < 4.78 is 5.23. The summed E-state index contributed by atoms with van der Waals surface area (Å²) in [4.78, 5) is 28.6. The van der Waals surface area contributed by atoms with E-state index < -0.39 is 6.10 Å². The van der Waals surface area contributed by atoms with E-state index in [9.17, 15) is 14.7 Å². The minimum absolute atomic E-state index is 0. The van der Waals surface area contributed by atoms with Crippen molar-refractivity contribution in [2.24, 2.45) is 0 Å². The molecule has 3 saturated heterocycles. The average molecular weight is 625 g/mol. The fourth-order valence-corrected chi connectivity index (χ4v) is 5.92. The number of ether oxygens (including phenoxy) is 1. The number of benzene rings is 2. The smallest absolute Gasteiger partial charge is 0.222 e. The van der Waals surface area contributed by atoms with E-state index in [1.54, 1.807) is 0 Å². The number of likely N-dealkylation sites (tertiary alicyclic amines) is 1. The number of aliphatic hydroxyl groups excluding tert-OH is 1. The first-order valence-corrected chi connectivity index (χ1v) is 17.0. The van der Waals surface area contributed by atoms with Gasteiger partial charge in [0.25, 0.3) is 0 Å². The van der Waals surface area contributed by atoms with Crippen LogP contribution in [0.1, 0.15) is 95.9 Å². The topological polar surface area (TPSA) is 88.6 Å². The van der Waals surface area contributed by atoms with Crippen LogP contribution in [0.2, 0.25) is 0 Å². The van der Waals surface area contributed by atoms with Crippen molar-refractivity contribution in [2.75, 3.05) is 39.3 Å². The van der Waals surface area contributed by atoms with Gasteiger partial charge in [0.15, 0.2) is 0 Å². The molecule has 0 radical (unpaired) electrons. The standard InChI is InChI=1S/C16H22N2O2.C11H13NO.C5H9NO.2C2H6.CH4/c19-15(12-18-8-4-3-7-16(18)20)11-17-9-13-5-1-2-6-14(13)10-17;1-2-4-10-6-12(5-9(10)3-1)7-11-8-13-11;7-5-3-1-2-4-6-5;2*1-2;/h1-2,5-6,15,19H,3-4,7-12H2;1-4,11H,5-8H2;1-4H2,(H,6,7);2*1-2H3;1H4. The van der Waals surface area contributed by atoms with Crippen molar-refractivity contribution in [3.05, 3.63) is 70.8 Å². The van der Waals surface area contributed by atoms with Crippen LogP contribution in [-0.4, -0.2) is 83.2 Å². The van der Waals surface area contributed by atoms with E-state index in [0.717, 1.165) is 84.5 Å². The zero-order valence-corrected chi connectivity index (χ0v) is 27.6. The summed E-state index contributed by atoms with van der Waals surface area (Å²) in [6, 6.07) is 17.1. The van der Waals surface area contributed by atoms with Gasteiger partial charge in [0.05, 0.1) is 18.8 Å². The van der Waals surface area contributed by atoms with Crippen LogP contribution >= 0.6 is 0 Å². The molecule has 0 bridgehead atoms. The second kappa shape index (κ2) is 21.1. The molecule has 2 amide bonds. The third kappa shape index (κ3) is 13.2. The van der Waals surface area contributed by atoms with Gasteiger partial charge in [-0.3, -0.25) is 19.4 Å². The van der Waals surface area contributed by atoms with Gasteiger partial charge >= 0.3 is 0 Å². The van der Waals surface area contributed by atoms with E-state index in [1.807, 2.05) is 32.6 Å².